The van der Waals surface area contributed by atoms with E-state index < -0.39 is 0 Å². The minimum absolute atomic E-state index is 0. The molecule has 0 radical (unpaired) electrons. The van der Waals surface area contributed by atoms with Crippen LogP contribution in [-0.4, -0.2) is 4.92 Å². The maximum Gasteiger partial charge on any atom is 0.324 e. The summed E-state index contributed by atoms with van der Waals surface area (Å²) >= 11 is 1.13. The van der Waals surface area contributed by atoms with E-state index in [1.807, 2.05) is 0 Å². The Hall–Kier alpha value is -0.650. The molecular formula is C9H15ClN2O2S. The summed E-state index contributed by atoms with van der Waals surface area (Å²) in [6.45, 7) is 4.17. The number of rotatable bonds is 4. The van der Waals surface area contributed by atoms with Gasteiger partial charge in [0.25, 0.3) is 0 Å². The van der Waals surface area contributed by atoms with E-state index in [9.17, 15) is 10.1 Å². The first-order chi connectivity index (χ1) is 6.50. The Kier molecular flexibility index (Phi) is 5.79. The fourth-order valence-electron chi connectivity index (χ4n) is 1.27. The molecule has 1 rings (SSSR count). The van der Waals surface area contributed by atoms with Crippen LogP contribution in [0.1, 0.15) is 31.9 Å². The molecule has 0 bridgehead atoms. The molecule has 0 aliphatic carbocycles. The molecular weight excluding hydrogens is 236 g/mol. The first kappa shape index (κ1) is 14.3. The third-order valence-electron chi connectivity index (χ3n) is 1.94. The lowest BCUT2D eigenvalue weighted by Crippen LogP contribution is -2.11. The van der Waals surface area contributed by atoms with Crippen LogP contribution in [0.15, 0.2) is 11.4 Å². The number of thiophene rings is 1. The van der Waals surface area contributed by atoms with E-state index in [4.69, 9.17) is 5.73 Å². The van der Waals surface area contributed by atoms with Gasteiger partial charge in [0.05, 0.1) is 4.92 Å². The monoisotopic (exact) mass is 250 g/mol. The van der Waals surface area contributed by atoms with E-state index in [2.05, 4.69) is 13.8 Å². The number of nitro groups is 1. The Bertz CT molecular complexity index is 328. The van der Waals surface area contributed by atoms with Crippen molar-refractivity contribution in [2.45, 2.75) is 26.3 Å². The van der Waals surface area contributed by atoms with Gasteiger partial charge in [-0.2, -0.15) is 0 Å². The zero-order chi connectivity index (χ0) is 10.7. The number of nitrogens with two attached hydrogens (primary N) is 1. The lowest BCUT2D eigenvalue weighted by molar-refractivity contribution is -0.380. The smallest absolute Gasteiger partial charge is 0.324 e. The van der Waals surface area contributed by atoms with Crippen molar-refractivity contribution >= 4 is 28.7 Å². The van der Waals surface area contributed by atoms with E-state index in [1.165, 1.54) is 0 Å². The summed E-state index contributed by atoms with van der Waals surface area (Å²) in [5, 5.41) is 12.4. The van der Waals surface area contributed by atoms with Crippen LogP contribution in [0.4, 0.5) is 5.00 Å². The number of nitrogens with zero attached hydrogens (tertiary/aromatic N) is 1. The molecule has 0 aliphatic heterocycles. The second kappa shape index (κ2) is 6.05. The Morgan fingerprint density at radius 2 is 2.20 bits per heavy atom. The third kappa shape index (κ3) is 4.15. The predicted octanol–water partition coefficient (Wildman–Crippen LogP) is 3.12. The topological polar surface area (TPSA) is 69.2 Å². The van der Waals surface area contributed by atoms with Gasteiger partial charge >= 0.3 is 5.00 Å². The van der Waals surface area contributed by atoms with Crippen molar-refractivity contribution in [3.8, 4) is 0 Å². The maximum absolute atomic E-state index is 10.4. The van der Waals surface area contributed by atoms with Crippen molar-refractivity contribution in [3.05, 3.63) is 27.1 Å². The van der Waals surface area contributed by atoms with Gasteiger partial charge < -0.3 is 5.73 Å². The van der Waals surface area contributed by atoms with Gasteiger partial charge in [0.15, 0.2) is 0 Å². The van der Waals surface area contributed by atoms with Crippen LogP contribution < -0.4 is 5.73 Å². The van der Waals surface area contributed by atoms with Crippen LogP contribution in [0, 0.1) is 16.0 Å². The molecule has 6 heteroatoms. The number of hydrogen-bond donors (Lipinski definition) is 1. The van der Waals surface area contributed by atoms with Gasteiger partial charge in [-0.3, -0.25) is 10.1 Å². The molecule has 1 aromatic rings. The van der Waals surface area contributed by atoms with Gasteiger partial charge in [-0.15, -0.1) is 12.4 Å². The van der Waals surface area contributed by atoms with Gasteiger partial charge in [-0.05, 0) is 17.9 Å². The zero-order valence-corrected chi connectivity index (χ0v) is 10.3. The van der Waals surface area contributed by atoms with Gasteiger partial charge in [0.1, 0.15) is 0 Å². The molecule has 0 saturated heterocycles. The van der Waals surface area contributed by atoms with Gasteiger partial charge in [-0.25, -0.2) is 0 Å². The van der Waals surface area contributed by atoms with Crippen LogP contribution in [0.25, 0.3) is 0 Å². The van der Waals surface area contributed by atoms with Gasteiger partial charge in [-0.1, -0.05) is 25.2 Å². The van der Waals surface area contributed by atoms with Crippen molar-refractivity contribution in [2.24, 2.45) is 11.7 Å². The largest absolute Gasteiger partial charge is 0.324 e. The SMILES string of the molecule is CC(C)C[C@H](N)c1csc([N+](=O)[O-])c1.Cl. The highest BCUT2D eigenvalue weighted by atomic mass is 35.5. The van der Waals surface area contributed by atoms with Crippen molar-refractivity contribution in [3.63, 3.8) is 0 Å². The fourth-order valence-corrected chi connectivity index (χ4v) is 2.06. The molecule has 0 fully saturated rings. The minimum Gasteiger partial charge on any atom is -0.324 e. The molecule has 2 N–H and O–H groups in total. The van der Waals surface area contributed by atoms with E-state index in [0.29, 0.717) is 5.92 Å². The van der Waals surface area contributed by atoms with E-state index in [0.717, 1.165) is 23.3 Å². The van der Waals surface area contributed by atoms with Crippen LogP contribution >= 0.6 is 23.7 Å². The van der Waals surface area contributed by atoms with E-state index in [-0.39, 0.29) is 28.4 Å². The molecule has 0 amide bonds. The second-order valence-corrected chi connectivity index (χ2v) is 4.60. The number of halogens is 1. The highest BCUT2D eigenvalue weighted by molar-refractivity contribution is 7.13. The zero-order valence-electron chi connectivity index (χ0n) is 8.67. The van der Waals surface area contributed by atoms with E-state index >= 15 is 0 Å². The summed E-state index contributed by atoms with van der Waals surface area (Å²) in [6.07, 6.45) is 0.855. The Balaban J connectivity index is 0.00000196. The Labute approximate surface area is 99.0 Å². The fraction of sp³-hybridized carbons (Fsp3) is 0.556. The molecule has 15 heavy (non-hydrogen) atoms. The molecule has 0 spiro atoms. The lowest BCUT2D eigenvalue weighted by Gasteiger charge is -2.11. The summed E-state index contributed by atoms with van der Waals surface area (Å²) in [4.78, 5) is 10.1. The van der Waals surface area contributed by atoms with Crippen molar-refractivity contribution in [1.29, 1.82) is 0 Å². The lowest BCUT2D eigenvalue weighted by atomic mass is 10.0. The molecule has 1 atom stereocenters. The highest BCUT2D eigenvalue weighted by Crippen LogP contribution is 2.28. The summed E-state index contributed by atoms with van der Waals surface area (Å²) in [7, 11) is 0. The summed E-state index contributed by atoms with van der Waals surface area (Å²) in [6, 6.07) is 1.48. The molecule has 0 aliphatic rings. The Morgan fingerprint density at radius 1 is 1.60 bits per heavy atom. The Morgan fingerprint density at radius 3 is 2.60 bits per heavy atom. The van der Waals surface area contributed by atoms with E-state index in [1.54, 1.807) is 11.4 Å². The van der Waals surface area contributed by atoms with Gasteiger partial charge in [0.2, 0.25) is 0 Å². The normalized spacial score (nSPS) is 12.3. The van der Waals surface area contributed by atoms with Crippen molar-refractivity contribution in [1.82, 2.24) is 0 Å². The first-order valence-corrected chi connectivity index (χ1v) is 5.37. The molecule has 0 aromatic carbocycles. The van der Waals surface area contributed by atoms with Crippen LogP contribution in [-0.2, 0) is 0 Å². The molecule has 1 aromatic heterocycles. The van der Waals surface area contributed by atoms with Crippen LogP contribution in [0.5, 0.6) is 0 Å². The quantitative estimate of drug-likeness (QED) is 0.659. The summed E-state index contributed by atoms with van der Waals surface area (Å²) in [5.41, 5.74) is 6.76. The molecule has 86 valence electrons. The molecule has 0 unspecified atom stereocenters. The average Bonchev–Trinajstić information content (AvgIpc) is 2.50. The molecule has 1 heterocycles. The van der Waals surface area contributed by atoms with Crippen molar-refractivity contribution < 1.29 is 4.92 Å². The predicted molar refractivity (Wildman–Crippen MR) is 64.6 cm³/mol. The average molecular weight is 251 g/mol. The molecule has 0 saturated carbocycles. The second-order valence-electron chi connectivity index (χ2n) is 3.71. The first-order valence-electron chi connectivity index (χ1n) is 4.49. The number of hydrogen-bond acceptors (Lipinski definition) is 4. The van der Waals surface area contributed by atoms with Crippen LogP contribution in [0.2, 0.25) is 0 Å². The van der Waals surface area contributed by atoms with Crippen molar-refractivity contribution in [2.75, 3.05) is 0 Å². The standard InChI is InChI=1S/C9H14N2O2S.ClH/c1-6(2)3-8(10)7-4-9(11(12)13)14-5-7;/h4-6,8H,3,10H2,1-2H3;1H/t8-;/m0./s1. The molecule has 4 nitrogen and oxygen atoms in total. The van der Waals surface area contributed by atoms with Crippen LogP contribution in [0.3, 0.4) is 0 Å². The van der Waals surface area contributed by atoms with Gasteiger partial charge in [0, 0.05) is 17.5 Å². The summed E-state index contributed by atoms with van der Waals surface area (Å²) < 4.78 is 0. The maximum atomic E-state index is 10.4. The summed E-state index contributed by atoms with van der Waals surface area (Å²) in [5.74, 6) is 0.504. The highest BCUT2D eigenvalue weighted by Gasteiger charge is 2.15. The third-order valence-corrected chi connectivity index (χ3v) is 2.84. The minimum atomic E-state index is -0.379.